The van der Waals surface area contributed by atoms with Crippen molar-refractivity contribution in [1.29, 1.82) is 0 Å². The molecule has 0 atom stereocenters. The average Bonchev–Trinajstić information content (AvgIpc) is 2.95. The normalized spacial score (nSPS) is 10.6. The molecule has 0 fully saturated rings. The quantitative estimate of drug-likeness (QED) is 0.108. The Hall–Kier alpha value is -3.41. The second-order valence-corrected chi connectivity index (χ2v) is 9.46. The minimum Gasteiger partial charge on any atom is -0.490 e. The van der Waals surface area contributed by atoms with Crippen LogP contribution in [0.3, 0.4) is 0 Å². The van der Waals surface area contributed by atoms with Gasteiger partial charge in [0.05, 0.1) is 18.7 Å². The first-order valence-electron chi connectivity index (χ1n) is 12.1. The predicted octanol–water partition coefficient (Wildman–Crippen LogP) is 6.99. The summed E-state index contributed by atoms with van der Waals surface area (Å²) >= 11 is 18.3. The lowest BCUT2D eigenvalue weighted by Crippen LogP contribution is -2.17. The minimum atomic E-state index is -0.669. The van der Waals surface area contributed by atoms with Crippen LogP contribution >= 0.6 is 34.8 Å². The van der Waals surface area contributed by atoms with E-state index in [4.69, 9.17) is 68.0 Å². The lowest BCUT2D eigenvalue weighted by Gasteiger charge is -2.19. The first-order chi connectivity index (χ1) is 19.8. The molecule has 3 aromatic carbocycles. The fourth-order valence-electron chi connectivity index (χ4n) is 3.44. The van der Waals surface area contributed by atoms with Gasteiger partial charge in [0, 0.05) is 36.8 Å². The summed E-state index contributed by atoms with van der Waals surface area (Å²) in [4.78, 5) is 25.3. The van der Waals surface area contributed by atoms with Crippen molar-refractivity contribution in [3.05, 3.63) is 69.2 Å². The first kappa shape index (κ1) is 32.1. The molecule has 1 N–H and O–H groups in total. The molecule has 0 saturated carbocycles. The molecule has 0 radical (unpaired) electrons. The molecule has 220 valence electrons. The molecule has 0 unspecified atom stereocenters. The van der Waals surface area contributed by atoms with Crippen molar-refractivity contribution in [2.24, 2.45) is 0 Å². The number of nitrogens with one attached hydrogen (secondary N) is 1. The number of rotatable bonds is 15. The van der Waals surface area contributed by atoms with Gasteiger partial charge in [-0.1, -0.05) is 34.8 Å². The van der Waals surface area contributed by atoms with Crippen molar-refractivity contribution in [3.63, 3.8) is 0 Å². The Balaban J connectivity index is 1.70. The number of esters is 1. The summed E-state index contributed by atoms with van der Waals surface area (Å²) in [6, 6.07) is 12.7. The third-order valence-corrected chi connectivity index (χ3v) is 6.03. The molecule has 0 aliphatic heterocycles. The molecule has 0 bridgehead atoms. The summed E-state index contributed by atoms with van der Waals surface area (Å²) < 4.78 is 37.7. The van der Waals surface area contributed by atoms with E-state index < -0.39 is 11.9 Å². The molecule has 0 saturated heterocycles. The number of methoxy groups -OCH3 is 3. The maximum absolute atomic E-state index is 12.9. The van der Waals surface area contributed by atoms with Crippen LogP contribution in [0, 0.1) is 0 Å². The largest absolute Gasteiger partial charge is 0.490 e. The zero-order valence-electron chi connectivity index (χ0n) is 22.5. The second kappa shape index (κ2) is 16.1. The van der Waals surface area contributed by atoms with Gasteiger partial charge in [-0.3, -0.25) is 4.79 Å². The molecule has 0 aliphatic carbocycles. The molecule has 0 aliphatic rings. The third-order valence-electron chi connectivity index (χ3n) is 5.27. The van der Waals surface area contributed by atoms with Crippen molar-refractivity contribution < 1.29 is 42.7 Å². The lowest BCUT2D eigenvalue weighted by atomic mass is 10.1. The standard InChI is InChI=1S/C28H28Cl3NO9/c1-35-15-39-23-11-8-19(28(34)37-3)27(40-16-36-2)26(23)32-25(33)5-4-12-38-24-14-18(30)7-10-22(24)41-21-9-6-17(29)13-20(21)31/h6-11,13-14H,4-5,12,15-16H2,1-3H3,(H,32,33). The fraction of sp³-hybridized carbons (Fsp3) is 0.286. The van der Waals surface area contributed by atoms with Gasteiger partial charge in [-0.15, -0.1) is 0 Å². The van der Waals surface area contributed by atoms with Crippen molar-refractivity contribution in [2.45, 2.75) is 12.8 Å². The molecular formula is C28H28Cl3NO9. The number of hydrogen-bond donors (Lipinski definition) is 1. The van der Waals surface area contributed by atoms with E-state index in [2.05, 4.69) is 5.32 Å². The van der Waals surface area contributed by atoms with E-state index in [0.717, 1.165) is 0 Å². The van der Waals surface area contributed by atoms with Gasteiger partial charge >= 0.3 is 5.97 Å². The summed E-state index contributed by atoms with van der Waals surface area (Å²) in [5.41, 5.74) is 0.195. The molecule has 0 aromatic heterocycles. The molecular weight excluding hydrogens is 601 g/mol. The van der Waals surface area contributed by atoms with Crippen LogP contribution in [0.15, 0.2) is 48.5 Å². The Labute approximate surface area is 252 Å². The van der Waals surface area contributed by atoms with Gasteiger partial charge in [-0.05, 0) is 48.9 Å². The molecule has 10 nitrogen and oxygen atoms in total. The summed E-state index contributed by atoms with van der Waals surface area (Å²) in [6.07, 6.45) is 0.369. The Bertz CT molecular complexity index is 1350. The van der Waals surface area contributed by atoms with E-state index in [1.807, 2.05) is 0 Å². The molecule has 3 aromatic rings. The van der Waals surface area contributed by atoms with Crippen LogP contribution in [0.4, 0.5) is 5.69 Å². The highest BCUT2D eigenvalue weighted by molar-refractivity contribution is 6.35. The summed E-state index contributed by atoms with van der Waals surface area (Å²) in [5, 5.41) is 3.98. The highest BCUT2D eigenvalue weighted by atomic mass is 35.5. The van der Waals surface area contributed by atoms with Gasteiger partial charge in [0.25, 0.3) is 0 Å². The highest BCUT2D eigenvalue weighted by Crippen LogP contribution is 2.40. The number of anilines is 1. The molecule has 13 heteroatoms. The van der Waals surface area contributed by atoms with Crippen LogP contribution in [0.5, 0.6) is 28.7 Å². The third kappa shape index (κ3) is 9.31. The number of halogens is 3. The Morgan fingerprint density at radius 3 is 2.10 bits per heavy atom. The maximum atomic E-state index is 12.9. The number of carbonyl (C=O) groups excluding carboxylic acids is 2. The minimum absolute atomic E-state index is 0.0264. The molecule has 0 spiro atoms. The van der Waals surface area contributed by atoms with Crippen molar-refractivity contribution >= 4 is 52.4 Å². The summed E-state index contributed by atoms with van der Waals surface area (Å²) in [6.45, 7) is -0.149. The van der Waals surface area contributed by atoms with Crippen LogP contribution in [0.1, 0.15) is 23.2 Å². The number of benzene rings is 3. The summed E-state index contributed by atoms with van der Waals surface area (Å²) in [5.74, 6) is 0.307. The van der Waals surface area contributed by atoms with Gasteiger partial charge in [0.1, 0.15) is 22.7 Å². The van der Waals surface area contributed by atoms with Crippen LogP contribution in [-0.2, 0) is 19.0 Å². The Kier molecular flexibility index (Phi) is 12.6. The SMILES string of the molecule is COCOc1ccc(C(=O)OC)c(OCOC)c1NC(=O)CCCOc1cc(Cl)ccc1Oc1ccc(Cl)cc1Cl. The van der Waals surface area contributed by atoms with Gasteiger partial charge < -0.3 is 38.5 Å². The number of ether oxygens (including phenoxy) is 7. The number of hydrogen-bond acceptors (Lipinski definition) is 9. The molecule has 41 heavy (non-hydrogen) atoms. The molecule has 0 heterocycles. The second-order valence-electron chi connectivity index (χ2n) is 8.18. The number of carbonyl (C=O) groups is 2. The van der Waals surface area contributed by atoms with Crippen molar-refractivity contribution in [3.8, 4) is 28.7 Å². The Morgan fingerprint density at radius 2 is 1.41 bits per heavy atom. The van der Waals surface area contributed by atoms with Crippen molar-refractivity contribution in [1.82, 2.24) is 0 Å². The van der Waals surface area contributed by atoms with E-state index in [9.17, 15) is 9.59 Å². The van der Waals surface area contributed by atoms with Crippen LogP contribution in [-0.4, -0.2) is 53.4 Å². The van der Waals surface area contributed by atoms with E-state index in [0.29, 0.717) is 38.7 Å². The lowest BCUT2D eigenvalue weighted by molar-refractivity contribution is -0.116. The van der Waals surface area contributed by atoms with E-state index >= 15 is 0 Å². The monoisotopic (exact) mass is 627 g/mol. The van der Waals surface area contributed by atoms with Gasteiger partial charge in [-0.25, -0.2) is 4.79 Å². The smallest absolute Gasteiger partial charge is 0.341 e. The summed E-state index contributed by atoms with van der Waals surface area (Å²) in [7, 11) is 4.10. The average molecular weight is 629 g/mol. The zero-order valence-corrected chi connectivity index (χ0v) is 24.7. The van der Waals surface area contributed by atoms with Crippen molar-refractivity contribution in [2.75, 3.05) is 46.8 Å². The highest BCUT2D eigenvalue weighted by Gasteiger charge is 2.23. The van der Waals surface area contributed by atoms with Gasteiger partial charge in [0.15, 0.2) is 30.8 Å². The van der Waals surface area contributed by atoms with E-state index in [-0.39, 0.29) is 49.4 Å². The van der Waals surface area contributed by atoms with Gasteiger partial charge in [0.2, 0.25) is 5.91 Å². The van der Waals surface area contributed by atoms with Crippen LogP contribution < -0.4 is 24.3 Å². The van der Waals surface area contributed by atoms with E-state index in [1.54, 1.807) is 36.4 Å². The zero-order chi connectivity index (χ0) is 29.8. The fourth-order valence-corrected chi connectivity index (χ4v) is 4.05. The maximum Gasteiger partial charge on any atom is 0.341 e. The molecule has 1 amide bonds. The predicted molar refractivity (Wildman–Crippen MR) is 154 cm³/mol. The van der Waals surface area contributed by atoms with Crippen LogP contribution in [0.25, 0.3) is 0 Å². The first-order valence-corrected chi connectivity index (χ1v) is 13.2. The van der Waals surface area contributed by atoms with E-state index in [1.165, 1.54) is 33.5 Å². The number of amides is 1. The van der Waals surface area contributed by atoms with Crippen LogP contribution in [0.2, 0.25) is 15.1 Å². The molecule has 3 rings (SSSR count). The Morgan fingerprint density at radius 1 is 0.756 bits per heavy atom. The topological polar surface area (TPSA) is 111 Å². The van der Waals surface area contributed by atoms with Gasteiger partial charge in [-0.2, -0.15) is 0 Å².